The summed E-state index contributed by atoms with van der Waals surface area (Å²) in [5, 5.41) is 4.36. The van der Waals surface area contributed by atoms with Crippen LogP contribution >= 0.6 is 0 Å². The van der Waals surface area contributed by atoms with E-state index in [1.54, 1.807) is 17.6 Å². The highest BCUT2D eigenvalue weighted by molar-refractivity contribution is 5.95. The minimum atomic E-state index is -0.535. The van der Waals surface area contributed by atoms with Crippen LogP contribution in [0.2, 0.25) is 0 Å². The zero-order chi connectivity index (χ0) is 30.6. The number of aryl methyl sites for hydroxylation is 2. The number of nitrogens with zero attached hydrogens (tertiary/aromatic N) is 6. The molecule has 0 radical (unpaired) electrons. The van der Waals surface area contributed by atoms with Gasteiger partial charge in [0.15, 0.2) is 0 Å². The van der Waals surface area contributed by atoms with E-state index in [0.717, 1.165) is 56.1 Å². The lowest BCUT2D eigenvalue weighted by Gasteiger charge is -2.45. The van der Waals surface area contributed by atoms with E-state index >= 15 is 0 Å². The van der Waals surface area contributed by atoms with Gasteiger partial charge in [0.2, 0.25) is 0 Å². The molecule has 0 aliphatic carbocycles. The lowest BCUT2D eigenvalue weighted by Crippen LogP contribution is -2.59. The van der Waals surface area contributed by atoms with Gasteiger partial charge in [0, 0.05) is 49.9 Å². The molecule has 3 aromatic carbocycles. The molecule has 0 spiro atoms. The fourth-order valence-electron chi connectivity index (χ4n) is 5.79. The van der Waals surface area contributed by atoms with Crippen LogP contribution in [-0.2, 0) is 11.8 Å². The fourth-order valence-corrected chi connectivity index (χ4v) is 5.79. The number of fused-ring (bicyclic) bond motifs is 5. The largest absolute Gasteiger partial charge is 0.489 e. The van der Waals surface area contributed by atoms with Crippen molar-refractivity contribution in [3.63, 3.8) is 0 Å². The number of nitrogens with one attached hydrogen (secondary N) is 1. The van der Waals surface area contributed by atoms with E-state index in [4.69, 9.17) is 14.2 Å². The van der Waals surface area contributed by atoms with Gasteiger partial charge < -0.3 is 33.9 Å². The van der Waals surface area contributed by atoms with Crippen molar-refractivity contribution in [1.82, 2.24) is 24.4 Å². The van der Waals surface area contributed by atoms with Gasteiger partial charge in [0.25, 0.3) is 0 Å². The Bertz CT molecular complexity index is 1900. The van der Waals surface area contributed by atoms with Crippen molar-refractivity contribution >= 4 is 45.2 Å². The van der Waals surface area contributed by atoms with E-state index in [0.29, 0.717) is 32.1 Å². The van der Waals surface area contributed by atoms with Crippen LogP contribution in [-0.4, -0.2) is 68.4 Å². The molecule has 226 valence electrons. The molecule has 1 saturated heterocycles. The van der Waals surface area contributed by atoms with E-state index in [2.05, 4.69) is 31.2 Å². The fraction of sp³-hybridized carbons (Fsp3) is 0.333. The maximum Gasteiger partial charge on any atom is 0.410 e. The minimum Gasteiger partial charge on any atom is -0.489 e. The van der Waals surface area contributed by atoms with Crippen LogP contribution in [0.3, 0.4) is 0 Å². The van der Waals surface area contributed by atoms with Crippen molar-refractivity contribution in [2.75, 3.05) is 36.5 Å². The zero-order valence-electron chi connectivity index (χ0n) is 25.5. The summed E-state index contributed by atoms with van der Waals surface area (Å²) in [6.45, 7) is 9.93. The molecule has 0 unspecified atom stereocenters. The standard InChI is InChI=1S/C33H35N7O4/c1-20-12-21(6-9-29(20)43-23-7-8-27-26(13-23)36-19-38(27)5)37-31-24-14-28-30(15-25(24)34-18-35-31)42-17-22-16-39(10-11-40(22)28)32(41)44-33(2,3)4/h6-9,12-15,18-19,22H,10-11,16-17H2,1-5H3,(H,34,35,37)/t22-/m0/s1. The number of piperazine rings is 1. The highest BCUT2D eigenvalue weighted by atomic mass is 16.6. The Kier molecular flexibility index (Phi) is 6.68. The molecule has 0 bridgehead atoms. The first-order valence-electron chi connectivity index (χ1n) is 14.7. The first kappa shape index (κ1) is 27.8. The number of amides is 1. The van der Waals surface area contributed by atoms with Crippen molar-refractivity contribution < 1.29 is 19.0 Å². The Balaban J connectivity index is 1.11. The summed E-state index contributed by atoms with van der Waals surface area (Å²) >= 11 is 0. The number of benzene rings is 3. The number of imidazole rings is 1. The molecule has 4 heterocycles. The number of carbonyl (C=O) groups is 1. The summed E-state index contributed by atoms with van der Waals surface area (Å²) < 4.78 is 20.0. The molecule has 2 aromatic heterocycles. The van der Waals surface area contributed by atoms with Crippen LogP contribution in [0, 0.1) is 6.92 Å². The number of carbonyl (C=O) groups excluding carboxylic acids is 1. The molecule has 2 aliphatic heterocycles. The number of rotatable bonds is 4. The molecular weight excluding hydrogens is 558 g/mol. The lowest BCUT2D eigenvalue weighted by molar-refractivity contribution is 0.0195. The third-order valence-corrected chi connectivity index (χ3v) is 7.95. The Morgan fingerprint density at radius 3 is 2.70 bits per heavy atom. The molecule has 0 saturated carbocycles. The Morgan fingerprint density at radius 1 is 1.02 bits per heavy atom. The normalized spacial score (nSPS) is 16.3. The van der Waals surface area contributed by atoms with Crippen LogP contribution in [0.5, 0.6) is 17.2 Å². The topological polar surface area (TPSA) is 107 Å². The molecule has 1 fully saturated rings. The van der Waals surface area contributed by atoms with Crippen molar-refractivity contribution in [2.24, 2.45) is 7.05 Å². The molecule has 7 rings (SSSR count). The number of hydrogen-bond acceptors (Lipinski definition) is 9. The van der Waals surface area contributed by atoms with E-state index in [9.17, 15) is 4.79 Å². The number of ether oxygens (including phenoxy) is 3. The summed E-state index contributed by atoms with van der Waals surface area (Å²) in [4.78, 5) is 30.3. The Hall–Kier alpha value is -5.06. The molecule has 2 aliphatic rings. The van der Waals surface area contributed by atoms with Gasteiger partial charge >= 0.3 is 6.09 Å². The third kappa shape index (κ3) is 5.29. The molecule has 11 nitrogen and oxygen atoms in total. The molecule has 1 N–H and O–H groups in total. The first-order valence-corrected chi connectivity index (χ1v) is 14.7. The maximum atomic E-state index is 12.7. The first-order chi connectivity index (χ1) is 21.1. The summed E-state index contributed by atoms with van der Waals surface area (Å²) in [5.74, 6) is 2.98. The van der Waals surface area contributed by atoms with Gasteiger partial charge in [-0.25, -0.2) is 19.7 Å². The van der Waals surface area contributed by atoms with E-state index in [1.165, 1.54) is 0 Å². The summed E-state index contributed by atoms with van der Waals surface area (Å²) in [6.07, 6.45) is 3.06. The van der Waals surface area contributed by atoms with Gasteiger partial charge in [-0.15, -0.1) is 0 Å². The van der Waals surface area contributed by atoms with Gasteiger partial charge in [-0.05, 0) is 69.7 Å². The smallest absolute Gasteiger partial charge is 0.410 e. The maximum absolute atomic E-state index is 12.7. The van der Waals surface area contributed by atoms with Crippen LogP contribution in [0.4, 0.5) is 22.0 Å². The van der Waals surface area contributed by atoms with Crippen LogP contribution < -0.4 is 19.7 Å². The van der Waals surface area contributed by atoms with Crippen LogP contribution in [0.1, 0.15) is 26.3 Å². The molecule has 5 aromatic rings. The predicted octanol–water partition coefficient (Wildman–Crippen LogP) is 6.18. The Labute approximate surface area is 255 Å². The minimum absolute atomic E-state index is 0.0239. The number of anilines is 3. The summed E-state index contributed by atoms with van der Waals surface area (Å²) in [6, 6.07) is 15.9. The highest BCUT2D eigenvalue weighted by Crippen LogP contribution is 2.40. The summed E-state index contributed by atoms with van der Waals surface area (Å²) in [5.41, 5.74) is 5.03. The Morgan fingerprint density at radius 2 is 1.89 bits per heavy atom. The van der Waals surface area contributed by atoms with Gasteiger partial charge in [0.05, 0.1) is 34.6 Å². The van der Waals surface area contributed by atoms with Gasteiger partial charge in [-0.1, -0.05) is 0 Å². The monoisotopic (exact) mass is 593 g/mol. The van der Waals surface area contributed by atoms with Crippen LogP contribution in [0.15, 0.2) is 61.2 Å². The predicted molar refractivity (Wildman–Crippen MR) is 169 cm³/mol. The molecule has 1 atom stereocenters. The van der Waals surface area contributed by atoms with Gasteiger partial charge in [0.1, 0.15) is 41.6 Å². The van der Waals surface area contributed by atoms with Crippen molar-refractivity contribution in [3.05, 3.63) is 66.7 Å². The lowest BCUT2D eigenvalue weighted by atomic mass is 10.1. The van der Waals surface area contributed by atoms with Crippen LogP contribution in [0.25, 0.3) is 21.9 Å². The van der Waals surface area contributed by atoms with Crippen molar-refractivity contribution in [1.29, 1.82) is 0 Å². The average molecular weight is 594 g/mol. The quantitative estimate of drug-likeness (QED) is 0.261. The SMILES string of the molecule is Cc1cc(Nc2ncnc3cc4c(cc23)N2CCN(C(=O)OC(C)(C)C)C[C@H]2CO4)ccc1Oc1ccc2c(c1)ncn2C. The van der Waals surface area contributed by atoms with E-state index in [-0.39, 0.29) is 12.1 Å². The van der Waals surface area contributed by atoms with Gasteiger partial charge in [-0.2, -0.15) is 0 Å². The number of aromatic nitrogens is 4. The third-order valence-electron chi connectivity index (χ3n) is 7.95. The highest BCUT2D eigenvalue weighted by Gasteiger charge is 2.36. The second-order valence-electron chi connectivity index (χ2n) is 12.4. The summed E-state index contributed by atoms with van der Waals surface area (Å²) in [7, 11) is 1.97. The molecule has 1 amide bonds. The molecule has 11 heteroatoms. The molecule has 44 heavy (non-hydrogen) atoms. The second-order valence-corrected chi connectivity index (χ2v) is 12.4. The van der Waals surface area contributed by atoms with Crippen molar-refractivity contribution in [2.45, 2.75) is 39.3 Å². The molecular formula is C33H35N7O4. The van der Waals surface area contributed by atoms with E-state index in [1.807, 2.05) is 81.8 Å². The zero-order valence-corrected chi connectivity index (χ0v) is 25.5. The van der Waals surface area contributed by atoms with Crippen molar-refractivity contribution in [3.8, 4) is 17.2 Å². The number of hydrogen-bond donors (Lipinski definition) is 1. The van der Waals surface area contributed by atoms with E-state index < -0.39 is 5.60 Å². The average Bonchev–Trinajstić information content (AvgIpc) is 3.36. The second kappa shape index (κ2) is 10.6. The van der Waals surface area contributed by atoms with Gasteiger partial charge in [-0.3, -0.25) is 0 Å².